The van der Waals surface area contributed by atoms with Crippen LogP contribution in [0.4, 0.5) is 0 Å². The maximum absolute atomic E-state index is 2.42. The molecule has 7 heteroatoms. The molecular formula is C134H119N7. The second-order valence-electron chi connectivity index (χ2n) is 43.0. The summed E-state index contributed by atoms with van der Waals surface area (Å²) in [5.41, 5.74) is 33.4. The Labute approximate surface area is 826 Å². The topological polar surface area (TPSA) is 34.5 Å². The average molecular weight is 1830 g/mol. The minimum Gasteiger partial charge on any atom is -0.309 e. The summed E-state index contributed by atoms with van der Waals surface area (Å²) < 4.78 is 16.7. The fourth-order valence-electron chi connectivity index (χ4n) is 21.3. The van der Waals surface area contributed by atoms with Crippen molar-refractivity contribution in [3.05, 3.63) is 477 Å². The summed E-state index contributed by atoms with van der Waals surface area (Å²) in [5.74, 6) is 0. The smallest absolute Gasteiger partial charge is 0.0544 e. The molecule has 0 saturated carbocycles. The first kappa shape index (κ1) is 90.0. The summed E-state index contributed by atoms with van der Waals surface area (Å²) in [6, 6.07) is 163. The molecule has 0 aliphatic heterocycles. The molecule has 0 aliphatic rings. The van der Waals surface area contributed by atoms with Gasteiger partial charge in [0.15, 0.2) is 0 Å². The summed E-state index contributed by atoms with van der Waals surface area (Å²) in [7, 11) is 0. The Kier molecular flexibility index (Phi) is 22.7. The third-order valence-electron chi connectivity index (χ3n) is 28.6. The summed E-state index contributed by atoms with van der Waals surface area (Å²) in [5, 5.41) is 18.2. The Morgan fingerprint density at radius 1 is 0.106 bits per heavy atom. The van der Waals surface area contributed by atoms with E-state index in [1.807, 2.05) is 0 Å². The molecule has 0 atom stereocenters. The van der Waals surface area contributed by atoms with E-state index in [9.17, 15) is 0 Å². The number of nitrogens with zero attached hydrogens (tertiary/aromatic N) is 7. The predicted molar refractivity (Wildman–Crippen MR) is 606 cm³/mol. The average Bonchev–Trinajstić information content (AvgIpc) is 1.56. The van der Waals surface area contributed by atoms with Crippen molar-refractivity contribution in [3.63, 3.8) is 0 Å². The standard InChI is InChI=1S/2C34H28N2.3C22H21N/c1-34(2,3)23-11-10-12-24(21-23)35-32-18-9-6-15-28(32)29-22-25(19-20-33(29)35)36-30-16-7-4-13-26(30)27-14-5-8-17-31(27)36;1-34(2,3)23-17-19-32-28(21-23)26-13-7-10-16-31(26)36(32)25-18-20-33-29(22-25)27-14-8-9-15-30(27)35(33)24-11-5-4-6-12-24;1-22(2,3)16-9-8-10-17(15-16)23-20-13-6-4-11-18(20)19-12-5-7-14-21(19)23;1-22(2,3)16-13-14-21-19(15-16)18-11-7-8-12-20(18)23(21)17-9-5-4-6-10-17;1-22(2,3)16-13-14-19-18-11-7-8-12-20(18)23(21(19)15-16)17-9-5-4-6-10-17/h2*4-22H,1-3H3;3*4-15H,1-3H3. The van der Waals surface area contributed by atoms with Crippen LogP contribution in [0.2, 0.25) is 0 Å². The Balaban J connectivity index is 0.000000103. The zero-order valence-corrected chi connectivity index (χ0v) is 83.4. The highest BCUT2D eigenvalue weighted by molar-refractivity contribution is 6.16. The van der Waals surface area contributed by atoms with Gasteiger partial charge in [0.05, 0.1) is 77.2 Å². The first-order chi connectivity index (χ1) is 68.2. The number of hydrogen-bond acceptors (Lipinski definition) is 0. The second-order valence-corrected chi connectivity index (χ2v) is 43.0. The maximum Gasteiger partial charge on any atom is 0.0544 e. The van der Waals surface area contributed by atoms with Crippen LogP contribution in [0.1, 0.15) is 132 Å². The normalized spacial score (nSPS) is 12.2. The van der Waals surface area contributed by atoms with Crippen molar-refractivity contribution in [2.24, 2.45) is 0 Å². The van der Waals surface area contributed by atoms with Gasteiger partial charge in [0.2, 0.25) is 0 Å². The Hall–Kier alpha value is -16.2. The monoisotopic (exact) mass is 1830 g/mol. The lowest BCUT2D eigenvalue weighted by Crippen LogP contribution is -2.11. The van der Waals surface area contributed by atoms with E-state index in [4.69, 9.17) is 0 Å². The lowest BCUT2D eigenvalue weighted by atomic mass is 9.86. The van der Waals surface area contributed by atoms with Gasteiger partial charge in [-0.15, -0.1) is 0 Å². The molecule has 19 aromatic carbocycles. The summed E-state index contributed by atoms with van der Waals surface area (Å²) in [6.45, 7) is 34.1. The van der Waals surface area contributed by atoms with E-state index < -0.39 is 0 Å². The number of para-hydroxylation sites is 12. The van der Waals surface area contributed by atoms with Gasteiger partial charge in [-0.1, -0.05) is 371 Å². The quantitative estimate of drug-likeness (QED) is 0.152. The molecule has 0 bridgehead atoms. The molecule has 0 amide bonds. The summed E-state index contributed by atoms with van der Waals surface area (Å²) in [6.07, 6.45) is 0. The van der Waals surface area contributed by atoms with Gasteiger partial charge in [-0.2, -0.15) is 0 Å². The largest absolute Gasteiger partial charge is 0.309 e. The lowest BCUT2D eigenvalue weighted by molar-refractivity contribution is 0.589. The molecule has 0 spiro atoms. The third-order valence-corrected chi connectivity index (χ3v) is 28.6. The van der Waals surface area contributed by atoms with E-state index in [1.165, 1.54) is 220 Å². The summed E-state index contributed by atoms with van der Waals surface area (Å²) >= 11 is 0. The van der Waals surface area contributed by atoms with Gasteiger partial charge < -0.3 is 32.0 Å². The van der Waals surface area contributed by atoms with E-state index >= 15 is 0 Å². The Morgan fingerprint density at radius 2 is 0.277 bits per heavy atom. The molecule has 0 fully saturated rings. The van der Waals surface area contributed by atoms with Crippen LogP contribution in [0.5, 0.6) is 0 Å². The van der Waals surface area contributed by atoms with E-state index in [0.29, 0.717) is 0 Å². The molecule has 26 aromatic rings. The highest BCUT2D eigenvalue weighted by Gasteiger charge is 2.27. The molecule has 26 rings (SSSR count). The maximum atomic E-state index is 2.42. The zero-order chi connectivity index (χ0) is 97.0. The number of fused-ring (bicyclic) bond motifs is 21. The minimum absolute atomic E-state index is 0.0957. The third kappa shape index (κ3) is 16.5. The molecule has 141 heavy (non-hydrogen) atoms. The van der Waals surface area contributed by atoms with Gasteiger partial charge in [0.1, 0.15) is 0 Å². The van der Waals surface area contributed by atoms with Gasteiger partial charge in [-0.05, 0) is 237 Å². The molecule has 0 unspecified atom stereocenters. The van der Waals surface area contributed by atoms with Crippen LogP contribution in [0.15, 0.2) is 449 Å². The molecule has 7 heterocycles. The highest BCUT2D eigenvalue weighted by atomic mass is 15.0. The Morgan fingerprint density at radius 3 is 0.539 bits per heavy atom. The van der Waals surface area contributed by atoms with Crippen LogP contribution in [0.25, 0.3) is 192 Å². The van der Waals surface area contributed by atoms with Crippen LogP contribution < -0.4 is 0 Å². The lowest BCUT2D eigenvalue weighted by Gasteiger charge is -2.20. The molecule has 0 aliphatic carbocycles. The van der Waals surface area contributed by atoms with Gasteiger partial charge in [-0.3, -0.25) is 0 Å². The SMILES string of the molecule is CC(C)(C)c1ccc2c(c1)c1ccccc1n2-c1ccc2c(c1)c1ccccc1n2-c1ccccc1.CC(C)(C)c1ccc2c(c1)c1ccccc1n2-c1ccccc1.CC(C)(C)c1ccc2c3ccccc3n(-c3ccccc3)c2c1.CC(C)(C)c1cccc(-n2c3ccccc3c3cc(-n4c5ccccc5c5ccccc54)ccc32)c1.CC(C)(C)c1cccc(-n2c3ccccc3c3ccccc32)c1. The fourth-order valence-corrected chi connectivity index (χ4v) is 21.3. The predicted octanol–water partition coefficient (Wildman–Crippen LogP) is 36.6. The van der Waals surface area contributed by atoms with E-state index in [1.54, 1.807) is 0 Å². The molecule has 690 valence electrons. The van der Waals surface area contributed by atoms with Crippen molar-refractivity contribution in [2.75, 3.05) is 0 Å². The summed E-state index contributed by atoms with van der Waals surface area (Å²) in [4.78, 5) is 0. The highest BCUT2D eigenvalue weighted by Crippen LogP contribution is 2.45. The first-order valence-corrected chi connectivity index (χ1v) is 49.7. The zero-order valence-electron chi connectivity index (χ0n) is 83.4. The van der Waals surface area contributed by atoms with Crippen molar-refractivity contribution < 1.29 is 0 Å². The van der Waals surface area contributed by atoms with Crippen LogP contribution in [0.3, 0.4) is 0 Å². The molecule has 7 nitrogen and oxygen atoms in total. The van der Waals surface area contributed by atoms with Crippen LogP contribution in [-0.4, -0.2) is 32.0 Å². The number of hydrogen-bond donors (Lipinski definition) is 0. The van der Waals surface area contributed by atoms with Crippen molar-refractivity contribution in [2.45, 2.75) is 131 Å². The second kappa shape index (κ2) is 35.7. The number of benzene rings is 19. The molecule has 7 aromatic heterocycles. The van der Waals surface area contributed by atoms with E-state index in [0.717, 1.165) is 0 Å². The Bertz CT molecular complexity index is 9130. The van der Waals surface area contributed by atoms with Gasteiger partial charge in [0.25, 0.3) is 0 Å². The molecule has 0 N–H and O–H groups in total. The van der Waals surface area contributed by atoms with E-state index in [2.05, 4.69) is 585 Å². The number of aromatic nitrogens is 7. The molecule has 0 radical (unpaired) electrons. The molecule has 0 saturated heterocycles. The van der Waals surface area contributed by atoms with E-state index in [-0.39, 0.29) is 27.1 Å². The van der Waals surface area contributed by atoms with Crippen molar-refractivity contribution in [1.82, 2.24) is 32.0 Å². The van der Waals surface area contributed by atoms with Crippen LogP contribution >= 0.6 is 0 Å². The minimum atomic E-state index is 0.0957. The number of rotatable bonds is 7. The molecular weight excluding hydrogens is 1710 g/mol. The van der Waals surface area contributed by atoms with Gasteiger partial charge in [0, 0.05) is 115 Å². The van der Waals surface area contributed by atoms with Crippen molar-refractivity contribution >= 4 is 153 Å². The van der Waals surface area contributed by atoms with Gasteiger partial charge >= 0.3 is 0 Å². The fraction of sp³-hybridized carbons (Fsp3) is 0.149. The van der Waals surface area contributed by atoms with Crippen molar-refractivity contribution in [1.29, 1.82) is 0 Å². The first-order valence-electron chi connectivity index (χ1n) is 49.7. The van der Waals surface area contributed by atoms with Crippen LogP contribution in [-0.2, 0) is 27.1 Å². The van der Waals surface area contributed by atoms with Crippen molar-refractivity contribution in [3.8, 4) is 39.8 Å². The van der Waals surface area contributed by atoms with Crippen LogP contribution in [0, 0.1) is 0 Å². The van der Waals surface area contributed by atoms with Gasteiger partial charge in [-0.25, -0.2) is 0 Å².